The lowest BCUT2D eigenvalue weighted by Gasteiger charge is -2.33. The first-order chi connectivity index (χ1) is 18.6. The van der Waals surface area contributed by atoms with E-state index in [2.05, 4.69) is 5.32 Å². The Labute approximate surface area is 228 Å². The molecule has 3 rings (SSSR count). The summed E-state index contributed by atoms with van der Waals surface area (Å²) in [6, 6.07) is 18.6. The van der Waals surface area contributed by atoms with Crippen LogP contribution < -0.4 is 9.62 Å². The van der Waals surface area contributed by atoms with Gasteiger partial charge in [0.25, 0.3) is 0 Å². The molecule has 0 aromatic heterocycles. The molecule has 0 bridgehead atoms. The highest BCUT2D eigenvalue weighted by Crippen LogP contribution is 2.21. The van der Waals surface area contributed by atoms with Crippen molar-refractivity contribution in [1.29, 1.82) is 0 Å². The minimum atomic E-state index is -3.97. The maximum atomic E-state index is 14.7. The number of sulfonamides is 1. The summed E-state index contributed by atoms with van der Waals surface area (Å²) >= 11 is 0. The topological polar surface area (TPSA) is 86.8 Å². The van der Waals surface area contributed by atoms with Crippen molar-refractivity contribution in [2.75, 3.05) is 23.7 Å². The Morgan fingerprint density at radius 1 is 0.923 bits per heavy atom. The molecule has 0 spiro atoms. The second-order valence-electron chi connectivity index (χ2n) is 9.21. The van der Waals surface area contributed by atoms with Gasteiger partial charge in [-0.25, -0.2) is 17.2 Å². The van der Waals surface area contributed by atoms with Gasteiger partial charge in [-0.2, -0.15) is 0 Å². The lowest BCUT2D eigenvalue weighted by atomic mass is 10.0. The molecule has 0 heterocycles. The van der Waals surface area contributed by atoms with Crippen LogP contribution >= 0.6 is 0 Å². The van der Waals surface area contributed by atoms with E-state index in [0.29, 0.717) is 6.54 Å². The number of benzene rings is 3. The SMILES string of the molecule is CCCCNC(=O)C(Cc1ccccc1)N(Cc1ccccc1F)C(=O)CN(c1ccc(F)cc1)S(C)(=O)=O. The van der Waals surface area contributed by atoms with Crippen molar-refractivity contribution < 1.29 is 26.8 Å². The van der Waals surface area contributed by atoms with E-state index >= 15 is 0 Å². The van der Waals surface area contributed by atoms with Crippen LogP contribution in [0.3, 0.4) is 0 Å². The summed E-state index contributed by atoms with van der Waals surface area (Å²) in [6.45, 7) is 1.46. The zero-order valence-corrected chi connectivity index (χ0v) is 22.8. The average Bonchev–Trinajstić information content (AvgIpc) is 2.91. The number of amides is 2. The molecule has 0 saturated carbocycles. The molecule has 0 radical (unpaired) electrons. The molecule has 0 aliphatic carbocycles. The van der Waals surface area contributed by atoms with Gasteiger partial charge in [-0.05, 0) is 42.3 Å². The third-order valence-corrected chi connectivity index (χ3v) is 7.33. The van der Waals surface area contributed by atoms with Crippen molar-refractivity contribution in [1.82, 2.24) is 10.2 Å². The van der Waals surface area contributed by atoms with E-state index in [1.165, 1.54) is 35.2 Å². The normalized spacial score (nSPS) is 12.0. The lowest BCUT2D eigenvalue weighted by Crippen LogP contribution is -2.53. The lowest BCUT2D eigenvalue weighted by molar-refractivity contribution is -0.140. The number of carbonyl (C=O) groups excluding carboxylic acids is 2. The molecule has 7 nitrogen and oxygen atoms in total. The fraction of sp³-hybridized carbons (Fsp3) is 0.310. The van der Waals surface area contributed by atoms with E-state index < -0.39 is 46.1 Å². The second-order valence-corrected chi connectivity index (χ2v) is 11.1. The van der Waals surface area contributed by atoms with Gasteiger partial charge in [0.1, 0.15) is 24.2 Å². The molecule has 208 valence electrons. The standard InChI is InChI=1S/C29H33F2N3O4S/c1-3-4-18-32-29(36)27(19-22-10-6-5-7-11-22)33(20-23-12-8-9-13-26(23)31)28(35)21-34(39(2,37)38)25-16-14-24(30)15-17-25/h5-17,27H,3-4,18-21H2,1-2H3,(H,32,36). The predicted molar refractivity (Wildman–Crippen MR) is 147 cm³/mol. The number of hydrogen-bond acceptors (Lipinski definition) is 4. The van der Waals surface area contributed by atoms with Crippen LogP contribution in [-0.2, 0) is 32.6 Å². The maximum Gasteiger partial charge on any atom is 0.244 e. The first kappa shape index (κ1) is 29.8. The van der Waals surface area contributed by atoms with Crippen molar-refractivity contribution in [3.05, 3.63) is 102 Å². The highest BCUT2D eigenvalue weighted by molar-refractivity contribution is 7.92. The number of hydrogen-bond donors (Lipinski definition) is 1. The highest BCUT2D eigenvalue weighted by atomic mass is 32.2. The monoisotopic (exact) mass is 557 g/mol. The number of unbranched alkanes of at least 4 members (excludes halogenated alkanes) is 1. The van der Waals surface area contributed by atoms with Crippen LogP contribution in [0.4, 0.5) is 14.5 Å². The molecule has 0 aliphatic rings. The van der Waals surface area contributed by atoms with Gasteiger partial charge in [-0.3, -0.25) is 13.9 Å². The summed E-state index contributed by atoms with van der Waals surface area (Å²) in [7, 11) is -3.97. The van der Waals surface area contributed by atoms with E-state index in [1.54, 1.807) is 6.07 Å². The van der Waals surface area contributed by atoms with E-state index in [9.17, 15) is 26.8 Å². The van der Waals surface area contributed by atoms with Crippen LogP contribution in [0.25, 0.3) is 0 Å². The molecule has 1 atom stereocenters. The van der Waals surface area contributed by atoms with Crippen molar-refractivity contribution in [2.45, 2.75) is 38.8 Å². The van der Waals surface area contributed by atoms with Crippen LogP contribution in [0, 0.1) is 11.6 Å². The minimum absolute atomic E-state index is 0.0881. The van der Waals surface area contributed by atoms with E-state index in [1.807, 2.05) is 37.3 Å². The summed E-state index contributed by atoms with van der Waals surface area (Å²) in [4.78, 5) is 28.5. The van der Waals surface area contributed by atoms with Crippen LogP contribution in [0.1, 0.15) is 30.9 Å². The largest absolute Gasteiger partial charge is 0.354 e. The van der Waals surface area contributed by atoms with E-state index in [0.717, 1.165) is 41.1 Å². The Morgan fingerprint density at radius 3 is 2.18 bits per heavy atom. The Morgan fingerprint density at radius 2 is 1.56 bits per heavy atom. The Bertz CT molecular complexity index is 1350. The predicted octanol–water partition coefficient (Wildman–Crippen LogP) is 4.29. The number of anilines is 1. The smallest absolute Gasteiger partial charge is 0.244 e. The fourth-order valence-electron chi connectivity index (χ4n) is 4.09. The van der Waals surface area contributed by atoms with Gasteiger partial charge in [0.05, 0.1) is 11.9 Å². The molecule has 2 amide bonds. The maximum absolute atomic E-state index is 14.7. The number of nitrogens with one attached hydrogen (secondary N) is 1. The Balaban J connectivity index is 2.03. The number of carbonyl (C=O) groups is 2. The third-order valence-electron chi connectivity index (χ3n) is 6.19. The van der Waals surface area contributed by atoms with Crippen molar-refractivity contribution in [3.63, 3.8) is 0 Å². The third kappa shape index (κ3) is 8.61. The van der Waals surface area contributed by atoms with Crippen molar-refractivity contribution in [2.24, 2.45) is 0 Å². The van der Waals surface area contributed by atoms with Gasteiger partial charge >= 0.3 is 0 Å². The van der Waals surface area contributed by atoms with Crippen LogP contribution in [0.5, 0.6) is 0 Å². The number of nitrogens with zero attached hydrogens (tertiary/aromatic N) is 2. The van der Waals surface area contributed by atoms with E-state index in [-0.39, 0.29) is 24.2 Å². The quantitative estimate of drug-likeness (QED) is 0.318. The summed E-state index contributed by atoms with van der Waals surface area (Å²) in [6.07, 6.45) is 2.65. The van der Waals surface area contributed by atoms with Crippen molar-refractivity contribution >= 4 is 27.5 Å². The second kappa shape index (κ2) is 13.8. The van der Waals surface area contributed by atoms with Gasteiger partial charge in [0.15, 0.2) is 0 Å². The number of halogens is 2. The first-order valence-electron chi connectivity index (χ1n) is 12.7. The molecule has 1 unspecified atom stereocenters. The van der Waals surface area contributed by atoms with Gasteiger partial charge in [0.2, 0.25) is 21.8 Å². The zero-order chi connectivity index (χ0) is 28.4. The summed E-state index contributed by atoms with van der Waals surface area (Å²) < 4.78 is 54.5. The molecule has 3 aromatic rings. The molecule has 10 heteroatoms. The summed E-state index contributed by atoms with van der Waals surface area (Å²) in [5.74, 6) is -2.26. The van der Waals surface area contributed by atoms with Gasteiger partial charge < -0.3 is 10.2 Å². The first-order valence-corrected chi connectivity index (χ1v) is 14.5. The minimum Gasteiger partial charge on any atom is -0.354 e. The molecule has 0 fully saturated rings. The Kier molecular flexibility index (Phi) is 10.6. The summed E-state index contributed by atoms with van der Waals surface area (Å²) in [5.41, 5.74) is 1.04. The average molecular weight is 558 g/mol. The van der Waals surface area contributed by atoms with Crippen LogP contribution in [-0.4, -0.2) is 50.5 Å². The van der Waals surface area contributed by atoms with Crippen molar-refractivity contribution in [3.8, 4) is 0 Å². The molecular formula is C29H33F2N3O4S. The number of rotatable bonds is 13. The molecular weight excluding hydrogens is 524 g/mol. The van der Waals surface area contributed by atoms with Crippen LogP contribution in [0.15, 0.2) is 78.9 Å². The molecule has 0 aliphatic heterocycles. The molecule has 0 saturated heterocycles. The van der Waals surface area contributed by atoms with Gasteiger partial charge in [-0.1, -0.05) is 61.9 Å². The highest BCUT2D eigenvalue weighted by Gasteiger charge is 2.33. The van der Waals surface area contributed by atoms with E-state index in [4.69, 9.17) is 0 Å². The molecule has 1 N–H and O–H groups in total. The fourth-order valence-corrected chi connectivity index (χ4v) is 4.94. The molecule has 39 heavy (non-hydrogen) atoms. The zero-order valence-electron chi connectivity index (χ0n) is 22.0. The molecule has 3 aromatic carbocycles. The van der Waals surface area contributed by atoms with Gasteiger partial charge in [0, 0.05) is 25.1 Å². The summed E-state index contributed by atoms with van der Waals surface area (Å²) in [5, 5.41) is 2.86. The Hall–Kier alpha value is -3.79. The van der Waals surface area contributed by atoms with Crippen LogP contribution in [0.2, 0.25) is 0 Å². The van der Waals surface area contributed by atoms with Gasteiger partial charge in [-0.15, -0.1) is 0 Å².